The lowest BCUT2D eigenvalue weighted by molar-refractivity contribution is 0.0918. The van der Waals surface area contributed by atoms with Gasteiger partial charge in [0, 0.05) is 11.7 Å². The smallest absolute Gasteiger partial charge is 0.280 e. The summed E-state index contributed by atoms with van der Waals surface area (Å²) in [5.41, 5.74) is 0.577. The number of likely N-dealkylation sites (tertiary alicyclic amines) is 1. The molecule has 0 aromatic carbocycles. The number of nitrogens with one attached hydrogen (secondary N) is 1. The number of carbonyl (C=O) groups is 1. The first-order valence-corrected chi connectivity index (χ1v) is 7.58. The highest BCUT2D eigenvalue weighted by Crippen LogP contribution is 2.22. The molecule has 1 N–H and O–H groups in total. The summed E-state index contributed by atoms with van der Waals surface area (Å²) in [6.45, 7) is 3.47. The second-order valence-corrected chi connectivity index (χ2v) is 5.97. The first-order valence-electron chi connectivity index (χ1n) is 7.58. The van der Waals surface area contributed by atoms with Gasteiger partial charge in [0.15, 0.2) is 5.65 Å². The maximum absolute atomic E-state index is 13.1. The first kappa shape index (κ1) is 15.8. The number of rotatable bonds is 3. The Balaban J connectivity index is 1.86. The van der Waals surface area contributed by atoms with Crippen LogP contribution < -0.4 is 5.32 Å². The molecule has 2 aromatic heterocycles. The standard InChI is InChI=1S/C15H19F2N5O/c1-9-7-12(13(16)17)22-14(19-9)11(8-18-22)15(23)20-10-3-5-21(2)6-4-10/h7-8,10,13H,3-6H2,1-2H3,(H,20,23). The van der Waals surface area contributed by atoms with Gasteiger partial charge in [0.1, 0.15) is 11.3 Å². The topological polar surface area (TPSA) is 62.5 Å². The third-order valence-electron chi connectivity index (χ3n) is 4.15. The van der Waals surface area contributed by atoms with Crippen molar-refractivity contribution < 1.29 is 13.6 Å². The minimum atomic E-state index is -2.68. The van der Waals surface area contributed by atoms with Crippen LogP contribution in [-0.4, -0.2) is 51.6 Å². The Kier molecular flexibility index (Phi) is 4.25. The molecule has 0 radical (unpaired) electrons. The van der Waals surface area contributed by atoms with Crippen molar-refractivity contribution in [1.82, 2.24) is 24.8 Å². The lowest BCUT2D eigenvalue weighted by Crippen LogP contribution is -2.43. The second kappa shape index (κ2) is 6.19. The van der Waals surface area contributed by atoms with Gasteiger partial charge in [-0.2, -0.15) is 5.10 Å². The van der Waals surface area contributed by atoms with Crippen molar-refractivity contribution in [3.8, 4) is 0 Å². The van der Waals surface area contributed by atoms with E-state index in [1.165, 1.54) is 12.3 Å². The highest BCUT2D eigenvalue weighted by Gasteiger charge is 2.23. The average Bonchev–Trinajstić information content (AvgIpc) is 2.92. The monoisotopic (exact) mass is 323 g/mol. The SMILES string of the molecule is Cc1cc(C(F)F)n2ncc(C(=O)NC3CCN(C)CC3)c2n1. The van der Waals surface area contributed by atoms with Crippen molar-refractivity contribution in [2.24, 2.45) is 0 Å². The van der Waals surface area contributed by atoms with Gasteiger partial charge < -0.3 is 10.2 Å². The zero-order valence-electron chi connectivity index (χ0n) is 13.1. The molecule has 124 valence electrons. The van der Waals surface area contributed by atoms with E-state index in [1.54, 1.807) is 6.92 Å². The number of piperidine rings is 1. The summed E-state index contributed by atoms with van der Waals surface area (Å²) < 4.78 is 27.2. The van der Waals surface area contributed by atoms with Crippen molar-refractivity contribution >= 4 is 11.6 Å². The number of aryl methyl sites for hydroxylation is 1. The Hall–Kier alpha value is -2.09. The summed E-state index contributed by atoms with van der Waals surface area (Å²) in [5.74, 6) is -0.312. The van der Waals surface area contributed by atoms with Crippen LogP contribution in [0, 0.1) is 6.92 Å². The zero-order valence-corrected chi connectivity index (χ0v) is 13.1. The highest BCUT2D eigenvalue weighted by molar-refractivity contribution is 5.99. The van der Waals surface area contributed by atoms with Gasteiger partial charge >= 0.3 is 0 Å². The van der Waals surface area contributed by atoms with Crippen LogP contribution in [-0.2, 0) is 0 Å². The minimum absolute atomic E-state index is 0.0908. The third kappa shape index (κ3) is 3.17. The van der Waals surface area contributed by atoms with Crippen molar-refractivity contribution in [3.05, 3.63) is 29.2 Å². The lowest BCUT2D eigenvalue weighted by atomic mass is 10.1. The number of halogens is 2. The molecule has 1 amide bonds. The van der Waals surface area contributed by atoms with Crippen LogP contribution in [0.15, 0.2) is 12.3 Å². The molecule has 0 unspecified atom stereocenters. The molecule has 1 saturated heterocycles. The summed E-state index contributed by atoms with van der Waals surface area (Å²) in [6, 6.07) is 1.37. The van der Waals surface area contributed by atoms with E-state index >= 15 is 0 Å². The number of carbonyl (C=O) groups excluding carboxylic acids is 1. The normalized spacial score (nSPS) is 17.1. The fourth-order valence-electron chi connectivity index (χ4n) is 2.84. The molecule has 8 heteroatoms. The van der Waals surface area contributed by atoms with Crippen molar-refractivity contribution in [1.29, 1.82) is 0 Å². The maximum atomic E-state index is 13.1. The van der Waals surface area contributed by atoms with Gasteiger partial charge in [-0.25, -0.2) is 18.3 Å². The van der Waals surface area contributed by atoms with Gasteiger partial charge in [-0.05, 0) is 46.0 Å². The molecular weight excluding hydrogens is 304 g/mol. The van der Waals surface area contributed by atoms with Gasteiger partial charge in [-0.15, -0.1) is 0 Å². The van der Waals surface area contributed by atoms with E-state index in [4.69, 9.17) is 0 Å². The minimum Gasteiger partial charge on any atom is -0.349 e. The Morgan fingerprint density at radius 2 is 2.09 bits per heavy atom. The molecule has 0 atom stereocenters. The van der Waals surface area contributed by atoms with Gasteiger partial charge in [0.05, 0.1) is 6.20 Å². The highest BCUT2D eigenvalue weighted by atomic mass is 19.3. The fraction of sp³-hybridized carbons (Fsp3) is 0.533. The number of aromatic nitrogens is 3. The molecule has 0 saturated carbocycles. The molecule has 0 spiro atoms. The van der Waals surface area contributed by atoms with Crippen LogP contribution in [0.4, 0.5) is 8.78 Å². The summed E-state index contributed by atoms with van der Waals surface area (Å²) in [6.07, 6.45) is 0.369. The van der Waals surface area contributed by atoms with E-state index in [0.29, 0.717) is 5.69 Å². The number of fused-ring (bicyclic) bond motifs is 1. The Morgan fingerprint density at radius 1 is 1.39 bits per heavy atom. The predicted molar refractivity (Wildman–Crippen MR) is 80.7 cm³/mol. The molecular formula is C15H19F2N5O. The van der Waals surface area contributed by atoms with Crippen LogP contribution in [0.1, 0.15) is 41.0 Å². The second-order valence-electron chi connectivity index (χ2n) is 5.97. The zero-order chi connectivity index (χ0) is 16.6. The number of hydrogen-bond acceptors (Lipinski definition) is 4. The Labute approximate surface area is 132 Å². The van der Waals surface area contributed by atoms with Gasteiger partial charge in [-0.1, -0.05) is 0 Å². The molecule has 23 heavy (non-hydrogen) atoms. The summed E-state index contributed by atoms with van der Waals surface area (Å²) >= 11 is 0. The molecule has 0 aliphatic carbocycles. The van der Waals surface area contributed by atoms with Crippen LogP contribution in [0.25, 0.3) is 5.65 Å². The Bertz CT molecular complexity index is 722. The van der Waals surface area contributed by atoms with Crippen LogP contribution >= 0.6 is 0 Å². The predicted octanol–water partition coefficient (Wildman–Crippen LogP) is 1.80. The van der Waals surface area contributed by atoms with E-state index < -0.39 is 6.43 Å². The van der Waals surface area contributed by atoms with E-state index in [-0.39, 0.29) is 28.9 Å². The number of alkyl halides is 2. The average molecular weight is 323 g/mol. The van der Waals surface area contributed by atoms with E-state index in [2.05, 4.69) is 20.3 Å². The van der Waals surface area contributed by atoms with Crippen LogP contribution in [0.5, 0.6) is 0 Å². The van der Waals surface area contributed by atoms with Crippen LogP contribution in [0.3, 0.4) is 0 Å². The maximum Gasteiger partial charge on any atom is 0.280 e. The van der Waals surface area contributed by atoms with Crippen molar-refractivity contribution in [2.75, 3.05) is 20.1 Å². The van der Waals surface area contributed by atoms with Gasteiger partial charge in [0.2, 0.25) is 0 Å². The van der Waals surface area contributed by atoms with Crippen LogP contribution in [0.2, 0.25) is 0 Å². The summed E-state index contributed by atoms with van der Waals surface area (Å²) in [4.78, 5) is 18.9. The number of nitrogens with zero attached hydrogens (tertiary/aromatic N) is 4. The molecule has 3 rings (SSSR count). The van der Waals surface area contributed by atoms with Gasteiger partial charge in [0.25, 0.3) is 12.3 Å². The van der Waals surface area contributed by atoms with E-state index in [1.807, 2.05) is 7.05 Å². The number of amides is 1. The quantitative estimate of drug-likeness (QED) is 0.935. The lowest BCUT2D eigenvalue weighted by Gasteiger charge is -2.29. The molecule has 3 heterocycles. The van der Waals surface area contributed by atoms with Crippen molar-refractivity contribution in [3.63, 3.8) is 0 Å². The third-order valence-corrected chi connectivity index (χ3v) is 4.15. The largest absolute Gasteiger partial charge is 0.349 e. The summed E-state index contributed by atoms with van der Waals surface area (Å²) in [7, 11) is 2.04. The molecule has 1 aliphatic heterocycles. The van der Waals surface area contributed by atoms with Gasteiger partial charge in [-0.3, -0.25) is 4.79 Å². The molecule has 0 bridgehead atoms. The van der Waals surface area contributed by atoms with E-state index in [9.17, 15) is 13.6 Å². The number of hydrogen-bond donors (Lipinski definition) is 1. The Morgan fingerprint density at radius 3 is 2.74 bits per heavy atom. The fourth-order valence-corrected chi connectivity index (χ4v) is 2.84. The van der Waals surface area contributed by atoms with E-state index in [0.717, 1.165) is 30.4 Å². The first-order chi connectivity index (χ1) is 11.0. The van der Waals surface area contributed by atoms with Crippen molar-refractivity contribution in [2.45, 2.75) is 32.2 Å². The molecule has 1 fully saturated rings. The molecule has 1 aliphatic rings. The summed E-state index contributed by atoms with van der Waals surface area (Å²) in [5, 5.41) is 6.87. The molecule has 2 aromatic rings. The molecule has 6 nitrogen and oxygen atoms in total.